The highest BCUT2D eigenvalue weighted by Crippen LogP contribution is 2.57. The van der Waals surface area contributed by atoms with Gasteiger partial charge in [-0.2, -0.15) is 5.26 Å². The molecule has 0 N–H and O–H groups in total. The summed E-state index contributed by atoms with van der Waals surface area (Å²) in [5.74, 6) is 3.35. The summed E-state index contributed by atoms with van der Waals surface area (Å²) in [5.41, 5.74) is 0.672. The van der Waals surface area contributed by atoms with Crippen molar-refractivity contribution in [1.82, 2.24) is 0 Å². The number of nitriles is 1. The molecule has 1 nitrogen and oxygen atoms in total. The smallest absolute Gasteiger partial charge is 0.0655 e. The first-order chi connectivity index (χ1) is 11.3. The minimum absolute atomic E-state index is 0.367. The zero-order valence-electron chi connectivity index (χ0n) is 15.4. The molecule has 23 heavy (non-hydrogen) atoms. The van der Waals surface area contributed by atoms with Gasteiger partial charge < -0.3 is 0 Å². The lowest BCUT2D eigenvalue weighted by Crippen LogP contribution is -2.43. The second-order valence-corrected chi connectivity index (χ2v) is 8.98. The van der Waals surface area contributed by atoms with E-state index in [0.717, 1.165) is 17.8 Å². The predicted octanol–water partition coefficient (Wildman–Crippen LogP) is 6.87. The summed E-state index contributed by atoms with van der Waals surface area (Å²) < 4.78 is 0. The molecule has 0 aliphatic heterocycles. The Morgan fingerprint density at radius 3 is 2.00 bits per heavy atom. The molecule has 0 saturated heterocycles. The van der Waals surface area contributed by atoms with Gasteiger partial charge in [-0.1, -0.05) is 39.0 Å². The van der Waals surface area contributed by atoms with E-state index in [0.29, 0.717) is 11.3 Å². The summed E-state index contributed by atoms with van der Waals surface area (Å²) in [7, 11) is 0. The van der Waals surface area contributed by atoms with Crippen LogP contribution in [0.15, 0.2) is 0 Å². The van der Waals surface area contributed by atoms with E-state index in [1.54, 1.807) is 0 Å². The molecule has 0 aromatic rings. The Hall–Kier alpha value is -0.510. The van der Waals surface area contributed by atoms with E-state index in [1.165, 1.54) is 96.3 Å². The van der Waals surface area contributed by atoms with Gasteiger partial charge in [-0.15, -0.1) is 0 Å². The van der Waals surface area contributed by atoms with Gasteiger partial charge in [0.05, 0.1) is 6.07 Å². The Kier molecular flexibility index (Phi) is 6.06. The van der Waals surface area contributed by atoms with Gasteiger partial charge >= 0.3 is 0 Å². The molecule has 130 valence electrons. The minimum Gasteiger partial charge on any atom is -0.198 e. The van der Waals surface area contributed by atoms with Gasteiger partial charge in [0.15, 0.2) is 0 Å². The molecule has 0 radical (unpaired) electrons. The summed E-state index contributed by atoms with van der Waals surface area (Å²) >= 11 is 0. The van der Waals surface area contributed by atoms with Gasteiger partial charge in [0.2, 0.25) is 0 Å². The van der Waals surface area contributed by atoms with Crippen molar-refractivity contribution in [3.05, 3.63) is 0 Å². The van der Waals surface area contributed by atoms with Crippen molar-refractivity contribution in [1.29, 1.82) is 5.26 Å². The number of hydrogen-bond donors (Lipinski definition) is 0. The maximum Gasteiger partial charge on any atom is 0.0655 e. The van der Waals surface area contributed by atoms with Gasteiger partial charge in [0.1, 0.15) is 0 Å². The first-order valence-corrected chi connectivity index (χ1v) is 10.7. The first-order valence-electron chi connectivity index (χ1n) is 10.7. The molecule has 0 unspecified atom stereocenters. The van der Waals surface area contributed by atoms with Crippen molar-refractivity contribution >= 4 is 0 Å². The van der Waals surface area contributed by atoms with Gasteiger partial charge in [-0.05, 0) is 87.4 Å². The largest absolute Gasteiger partial charge is 0.198 e. The van der Waals surface area contributed by atoms with Crippen LogP contribution in [0.1, 0.15) is 103 Å². The molecule has 3 aliphatic rings. The summed E-state index contributed by atoms with van der Waals surface area (Å²) in [6, 6.07) is 2.54. The van der Waals surface area contributed by atoms with E-state index in [4.69, 9.17) is 0 Å². The van der Waals surface area contributed by atoms with Gasteiger partial charge in [0.25, 0.3) is 0 Å². The molecular weight excluding hydrogens is 278 g/mol. The molecule has 0 bridgehead atoms. The van der Waals surface area contributed by atoms with Crippen LogP contribution >= 0.6 is 0 Å². The van der Waals surface area contributed by atoms with Crippen molar-refractivity contribution in [2.45, 2.75) is 103 Å². The molecule has 3 saturated carbocycles. The standard InChI is InChI=1S/C22H37N/c1-2-6-18-13-15-22(16-14-18,20-7-4-3-5-8-20)21-11-9-19(17-23)10-12-21/h18-21H,2-16H2,1H3/t18-,19?,21?,22+. The highest BCUT2D eigenvalue weighted by molar-refractivity contribution is 4.99. The third-order valence-electron chi connectivity index (χ3n) is 7.87. The second kappa shape index (κ2) is 8.04. The second-order valence-electron chi connectivity index (χ2n) is 8.98. The Morgan fingerprint density at radius 2 is 1.43 bits per heavy atom. The van der Waals surface area contributed by atoms with Gasteiger partial charge in [0, 0.05) is 5.92 Å². The monoisotopic (exact) mass is 315 g/mol. The quantitative estimate of drug-likeness (QED) is 0.555. The highest BCUT2D eigenvalue weighted by atomic mass is 14.5. The Balaban J connectivity index is 1.71. The van der Waals surface area contributed by atoms with Gasteiger partial charge in [-0.25, -0.2) is 0 Å². The molecule has 3 rings (SSSR count). The lowest BCUT2D eigenvalue weighted by atomic mass is 9.52. The molecule has 0 atom stereocenters. The zero-order chi connectivity index (χ0) is 16.1. The molecule has 0 amide bonds. The van der Waals surface area contributed by atoms with Crippen molar-refractivity contribution in [2.75, 3.05) is 0 Å². The van der Waals surface area contributed by atoms with Crippen molar-refractivity contribution in [2.24, 2.45) is 29.1 Å². The van der Waals surface area contributed by atoms with Crippen LogP contribution in [0, 0.1) is 40.4 Å². The van der Waals surface area contributed by atoms with Crippen LogP contribution in [0.4, 0.5) is 0 Å². The highest BCUT2D eigenvalue weighted by Gasteiger charge is 2.47. The zero-order valence-corrected chi connectivity index (χ0v) is 15.4. The first kappa shape index (κ1) is 17.3. The number of hydrogen-bond acceptors (Lipinski definition) is 1. The molecule has 0 spiro atoms. The molecule has 3 aliphatic carbocycles. The minimum atomic E-state index is 0.367. The third kappa shape index (κ3) is 3.78. The van der Waals surface area contributed by atoms with E-state index >= 15 is 0 Å². The van der Waals surface area contributed by atoms with Gasteiger partial charge in [-0.3, -0.25) is 0 Å². The average molecular weight is 316 g/mol. The summed E-state index contributed by atoms with van der Waals surface area (Å²) in [6.45, 7) is 2.35. The van der Waals surface area contributed by atoms with E-state index in [9.17, 15) is 5.26 Å². The fraction of sp³-hybridized carbons (Fsp3) is 0.955. The van der Waals surface area contributed by atoms with Crippen LogP contribution in [0.25, 0.3) is 0 Å². The Morgan fingerprint density at radius 1 is 0.826 bits per heavy atom. The molecular formula is C22H37N. The SMILES string of the molecule is CCC[C@H]1CC[C@@](C2CCCCC2)(C2CCC(C#N)CC2)CC1. The van der Waals surface area contributed by atoms with E-state index in [-0.39, 0.29) is 0 Å². The van der Waals surface area contributed by atoms with Crippen molar-refractivity contribution < 1.29 is 0 Å². The fourth-order valence-corrected chi connectivity index (χ4v) is 6.54. The maximum atomic E-state index is 9.24. The fourth-order valence-electron chi connectivity index (χ4n) is 6.54. The molecule has 1 heteroatoms. The Bertz CT molecular complexity index is 385. The molecule has 0 aromatic carbocycles. The van der Waals surface area contributed by atoms with E-state index in [2.05, 4.69) is 13.0 Å². The van der Waals surface area contributed by atoms with E-state index < -0.39 is 0 Å². The maximum absolute atomic E-state index is 9.24. The van der Waals surface area contributed by atoms with Crippen molar-refractivity contribution in [3.8, 4) is 6.07 Å². The average Bonchev–Trinajstić information content (AvgIpc) is 2.64. The van der Waals surface area contributed by atoms with Crippen LogP contribution in [-0.4, -0.2) is 0 Å². The van der Waals surface area contributed by atoms with Crippen LogP contribution in [-0.2, 0) is 0 Å². The summed E-state index contributed by atoms with van der Waals surface area (Å²) in [4.78, 5) is 0. The Labute approximate surface area is 144 Å². The summed E-state index contributed by atoms with van der Waals surface area (Å²) in [6.07, 6.45) is 21.4. The normalized spacial score (nSPS) is 39.7. The molecule has 0 heterocycles. The third-order valence-corrected chi connectivity index (χ3v) is 7.87. The van der Waals surface area contributed by atoms with Crippen LogP contribution in [0.3, 0.4) is 0 Å². The number of nitrogens with zero attached hydrogens (tertiary/aromatic N) is 1. The van der Waals surface area contributed by atoms with Crippen molar-refractivity contribution in [3.63, 3.8) is 0 Å². The number of rotatable bonds is 4. The predicted molar refractivity (Wildman–Crippen MR) is 96.9 cm³/mol. The topological polar surface area (TPSA) is 23.8 Å². The van der Waals surface area contributed by atoms with Crippen LogP contribution < -0.4 is 0 Å². The summed E-state index contributed by atoms with van der Waals surface area (Å²) in [5, 5.41) is 9.24. The lowest BCUT2D eigenvalue weighted by molar-refractivity contribution is -0.0288. The van der Waals surface area contributed by atoms with E-state index in [1.807, 2.05) is 0 Å². The lowest BCUT2D eigenvalue weighted by Gasteiger charge is -2.53. The van der Waals surface area contributed by atoms with Crippen LogP contribution in [0.2, 0.25) is 0 Å². The molecule has 3 fully saturated rings. The molecule has 0 aromatic heterocycles. The van der Waals surface area contributed by atoms with Crippen LogP contribution in [0.5, 0.6) is 0 Å².